The standard InChI is InChI=1S/C18H24N2O/c1-14-8-6-7-11-16(14)20(2)13-18-19-12-17(21-18)15-9-4-3-5-10-15/h3-5,9-10,12,14,16H,6-8,11,13H2,1-2H3. The van der Waals surface area contributed by atoms with Crippen LogP contribution in [-0.4, -0.2) is 23.0 Å². The van der Waals surface area contributed by atoms with Crippen LogP contribution in [0, 0.1) is 5.92 Å². The lowest BCUT2D eigenvalue weighted by Gasteiger charge is -2.35. The van der Waals surface area contributed by atoms with Crippen molar-refractivity contribution in [3.05, 3.63) is 42.4 Å². The fourth-order valence-electron chi connectivity index (χ4n) is 3.40. The van der Waals surface area contributed by atoms with Gasteiger partial charge in [0, 0.05) is 11.6 Å². The Hall–Kier alpha value is -1.61. The van der Waals surface area contributed by atoms with Gasteiger partial charge in [0.15, 0.2) is 5.76 Å². The summed E-state index contributed by atoms with van der Waals surface area (Å²) in [5, 5.41) is 0. The zero-order chi connectivity index (χ0) is 14.7. The third-order valence-corrected chi connectivity index (χ3v) is 4.63. The monoisotopic (exact) mass is 284 g/mol. The SMILES string of the molecule is CC1CCCCC1N(C)Cc1ncc(-c2ccccc2)o1. The first-order valence-corrected chi connectivity index (χ1v) is 7.94. The molecule has 2 unspecified atom stereocenters. The molecule has 112 valence electrons. The highest BCUT2D eigenvalue weighted by atomic mass is 16.4. The van der Waals surface area contributed by atoms with E-state index in [4.69, 9.17) is 4.42 Å². The summed E-state index contributed by atoms with van der Waals surface area (Å²) < 4.78 is 5.91. The highest BCUT2D eigenvalue weighted by molar-refractivity contribution is 5.55. The topological polar surface area (TPSA) is 29.3 Å². The van der Waals surface area contributed by atoms with Gasteiger partial charge in [-0.15, -0.1) is 0 Å². The minimum Gasteiger partial charge on any atom is -0.439 e. The Morgan fingerprint density at radius 2 is 1.95 bits per heavy atom. The maximum atomic E-state index is 5.91. The fraction of sp³-hybridized carbons (Fsp3) is 0.500. The number of benzene rings is 1. The summed E-state index contributed by atoms with van der Waals surface area (Å²) in [5.74, 6) is 2.44. The second-order valence-electron chi connectivity index (χ2n) is 6.23. The molecule has 1 aliphatic carbocycles. The van der Waals surface area contributed by atoms with Gasteiger partial charge in [-0.05, 0) is 25.8 Å². The molecule has 0 amide bonds. The van der Waals surface area contributed by atoms with E-state index in [0.717, 1.165) is 29.7 Å². The highest BCUT2D eigenvalue weighted by Crippen LogP contribution is 2.28. The van der Waals surface area contributed by atoms with E-state index in [1.807, 2.05) is 24.4 Å². The van der Waals surface area contributed by atoms with Crippen LogP contribution in [0.25, 0.3) is 11.3 Å². The van der Waals surface area contributed by atoms with E-state index in [9.17, 15) is 0 Å². The Balaban J connectivity index is 1.67. The maximum Gasteiger partial charge on any atom is 0.209 e. The molecule has 0 bridgehead atoms. The molecule has 1 heterocycles. The minimum atomic E-state index is 0.658. The second kappa shape index (κ2) is 6.44. The quantitative estimate of drug-likeness (QED) is 0.835. The molecule has 3 nitrogen and oxygen atoms in total. The molecule has 1 aromatic heterocycles. The van der Waals surface area contributed by atoms with Gasteiger partial charge in [0.05, 0.1) is 12.7 Å². The van der Waals surface area contributed by atoms with Gasteiger partial charge >= 0.3 is 0 Å². The van der Waals surface area contributed by atoms with Crippen LogP contribution < -0.4 is 0 Å². The predicted octanol–water partition coefficient (Wildman–Crippen LogP) is 4.35. The first-order chi connectivity index (χ1) is 10.2. The average molecular weight is 284 g/mol. The Labute approximate surface area is 127 Å². The molecule has 2 aromatic rings. The van der Waals surface area contributed by atoms with E-state index < -0.39 is 0 Å². The van der Waals surface area contributed by atoms with Crippen LogP contribution in [0.15, 0.2) is 40.9 Å². The molecule has 21 heavy (non-hydrogen) atoms. The van der Waals surface area contributed by atoms with Crippen molar-refractivity contribution in [2.75, 3.05) is 7.05 Å². The van der Waals surface area contributed by atoms with Crippen LogP contribution in [0.2, 0.25) is 0 Å². The smallest absolute Gasteiger partial charge is 0.209 e. The van der Waals surface area contributed by atoms with Crippen LogP contribution in [0.4, 0.5) is 0 Å². The molecular formula is C18H24N2O. The number of hydrogen-bond acceptors (Lipinski definition) is 3. The first kappa shape index (κ1) is 14.3. The van der Waals surface area contributed by atoms with E-state index in [-0.39, 0.29) is 0 Å². The Bertz CT molecular complexity index is 564. The molecule has 2 atom stereocenters. The van der Waals surface area contributed by atoms with Gasteiger partial charge in [-0.2, -0.15) is 0 Å². The lowest BCUT2D eigenvalue weighted by atomic mass is 9.85. The molecule has 0 saturated heterocycles. The van der Waals surface area contributed by atoms with Crippen LogP contribution in [0.5, 0.6) is 0 Å². The van der Waals surface area contributed by atoms with Crippen molar-refractivity contribution >= 4 is 0 Å². The molecule has 0 aliphatic heterocycles. The fourth-order valence-corrected chi connectivity index (χ4v) is 3.40. The largest absolute Gasteiger partial charge is 0.439 e. The zero-order valence-corrected chi connectivity index (χ0v) is 13.0. The molecule has 1 saturated carbocycles. The van der Waals surface area contributed by atoms with E-state index in [2.05, 4.69) is 36.0 Å². The van der Waals surface area contributed by atoms with Gasteiger partial charge in [-0.25, -0.2) is 4.98 Å². The van der Waals surface area contributed by atoms with E-state index >= 15 is 0 Å². The van der Waals surface area contributed by atoms with Crippen molar-refractivity contribution in [2.45, 2.75) is 45.2 Å². The van der Waals surface area contributed by atoms with Gasteiger partial charge < -0.3 is 4.42 Å². The number of aromatic nitrogens is 1. The molecule has 3 rings (SSSR count). The summed E-state index contributed by atoms with van der Waals surface area (Å²) in [6, 6.07) is 10.8. The van der Waals surface area contributed by atoms with Gasteiger partial charge in [0.25, 0.3) is 0 Å². The van der Waals surface area contributed by atoms with Crippen LogP contribution >= 0.6 is 0 Å². The summed E-state index contributed by atoms with van der Waals surface area (Å²) in [7, 11) is 2.19. The average Bonchev–Trinajstić information content (AvgIpc) is 2.97. The van der Waals surface area contributed by atoms with Gasteiger partial charge in [-0.1, -0.05) is 50.1 Å². The highest BCUT2D eigenvalue weighted by Gasteiger charge is 2.25. The third-order valence-electron chi connectivity index (χ3n) is 4.63. The molecular weight excluding hydrogens is 260 g/mol. The molecule has 0 radical (unpaired) electrons. The van der Waals surface area contributed by atoms with Crippen LogP contribution in [-0.2, 0) is 6.54 Å². The second-order valence-corrected chi connectivity index (χ2v) is 6.23. The number of nitrogens with zero attached hydrogens (tertiary/aromatic N) is 2. The normalized spacial score (nSPS) is 22.6. The summed E-state index contributed by atoms with van der Waals surface area (Å²) >= 11 is 0. The zero-order valence-electron chi connectivity index (χ0n) is 13.0. The number of hydrogen-bond donors (Lipinski definition) is 0. The number of rotatable bonds is 4. The van der Waals surface area contributed by atoms with Crippen molar-refractivity contribution in [2.24, 2.45) is 5.92 Å². The van der Waals surface area contributed by atoms with Crippen molar-refractivity contribution in [3.63, 3.8) is 0 Å². The van der Waals surface area contributed by atoms with E-state index in [1.54, 1.807) is 0 Å². The molecule has 1 aromatic carbocycles. The van der Waals surface area contributed by atoms with Crippen LogP contribution in [0.3, 0.4) is 0 Å². The maximum absolute atomic E-state index is 5.91. The minimum absolute atomic E-state index is 0.658. The van der Waals surface area contributed by atoms with Crippen molar-refractivity contribution < 1.29 is 4.42 Å². The molecule has 3 heteroatoms. The Morgan fingerprint density at radius 3 is 2.71 bits per heavy atom. The van der Waals surface area contributed by atoms with Crippen molar-refractivity contribution in [3.8, 4) is 11.3 Å². The van der Waals surface area contributed by atoms with Crippen LogP contribution in [0.1, 0.15) is 38.5 Å². The third kappa shape index (κ3) is 3.35. The molecule has 0 N–H and O–H groups in total. The Morgan fingerprint density at radius 1 is 1.19 bits per heavy atom. The summed E-state index contributed by atoms with van der Waals surface area (Å²) in [6.45, 7) is 3.16. The predicted molar refractivity (Wildman–Crippen MR) is 84.8 cm³/mol. The van der Waals surface area contributed by atoms with E-state index in [1.165, 1.54) is 25.7 Å². The molecule has 1 fully saturated rings. The first-order valence-electron chi connectivity index (χ1n) is 7.94. The molecule has 1 aliphatic rings. The summed E-state index contributed by atoms with van der Waals surface area (Å²) in [6.07, 6.45) is 7.20. The molecule has 0 spiro atoms. The van der Waals surface area contributed by atoms with E-state index in [0.29, 0.717) is 6.04 Å². The van der Waals surface area contributed by atoms with Crippen molar-refractivity contribution in [1.82, 2.24) is 9.88 Å². The van der Waals surface area contributed by atoms with Gasteiger partial charge in [0.1, 0.15) is 0 Å². The lowest BCUT2D eigenvalue weighted by molar-refractivity contribution is 0.124. The summed E-state index contributed by atoms with van der Waals surface area (Å²) in [4.78, 5) is 6.85. The number of oxazole rings is 1. The van der Waals surface area contributed by atoms with Crippen molar-refractivity contribution in [1.29, 1.82) is 0 Å². The lowest BCUT2D eigenvalue weighted by Crippen LogP contribution is -2.38. The van der Waals surface area contributed by atoms with Gasteiger partial charge in [0.2, 0.25) is 5.89 Å². The summed E-state index contributed by atoms with van der Waals surface area (Å²) in [5.41, 5.74) is 1.09. The Kier molecular flexibility index (Phi) is 4.39. The van der Waals surface area contributed by atoms with Gasteiger partial charge in [-0.3, -0.25) is 4.90 Å².